The molecule has 0 saturated heterocycles. The van der Waals surface area contributed by atoms with Gasteiger partial charge in [-0.25, -0.2) is 0 Å². The van der Waals surface area contributed by atoms with Crippen molar-refractivity contribution >= 4 is 22.7 Å². The number of amides is 2. The molecule has 0 unspecified atom stereocenters. The Morgan fingerprint density at radius 1 is 0.907 bits per heavy atom. The van der Waals surface area contributed by atoms with Crippen LogP contribution >= 0.6 is 0 Å². The third-order valence-corrected chi connectivity index (χ3v) is 10.4. The zero-order chi connectivity index (χ0) is 30.0. The monoisotopic (exact) mass is 585 g/mol. The molecule has 1 aromatic heterocycles. The van der Waals surface area contributed by atoms with Crippen LogP contribution < -0.4 is 9.47 Å². The molecule has 4 aliphatic carbocycles. The number of hydrogen-bond donors (Lipinski definition) is 1. The molecule has 7 rings (SSSR count). The lowest BCUT2D eigenvalue weighted by atomic mass is 9.49. The Morgan fingerprint density at radius 3 is 2.28 bits per heavy atom. The largest absolute Gasteiger partial charge is 0.493 e. The maximum Gasteiger partial charge on any atom is 0.242 e. The Bertz CT molecular complexity index is 1410. The first-order chi connectivity index (χ1) is 20.9. The van der Waals surface area contributed by atoms with Gasteiger partial charge in [0.25, 0.3) is 0 Å². The van der Waals surface area contributed by atoms with E-state index in [1.54, 1.807) is 14.2 Å². The van der Waals surface area contributed by atoms with E-state index in [1.807, 2.05) is 46.3 Å². The summed E-state index contributed by atoms with van der Waals surface area (Å²) < 4.78 is 11.0. The van der Waals surface area contributed by atoms with E-state index < -0.39 is 0 Å². The number of nitrogens with zero attached hydrogens (tertiary/aromatic N) is 2. The van der Waals surface area contributed by atoms with Gasteiger partial charge in [-0.05, 0) is 98.4 Å². The molecule has 7 nitrogen and oxygen atoms in total. The standard InChI is InChI=1S/C36H47N3O4/c1-4-5-13-39(35(41)36-19-26-15-27(20-36)17-28(16-26)21-36)24-34(40)38(23-25-10-11-32(42-2)33(18-25)43-3)14-12-29-22-37-31-9-7-6-8-30(29)31/h6-11,18,22,26-28,37H,4-5,12-17,19-21,23-24H2,1-3H3. The number of para-hydroxylation sites is 1. The topological polar surface area (TPSA) is 74.9 Å². The van der Waals surface area contributed by atoms with Gasteiger partial charge in [0.05, 0.1) is 26.2 Å². The molecule has 1 heterocycles. The summed E-state index contributed by atoms with van der Waals surface area (Å²) in [7, 11) is 3.25. The maximum atomic E-state index is 14.4. The summed E-state index contributed by atoms with van der Waals surface area (Å²) >= 11 is 0. The predicted molar refractivity (Wildman–Crippen MR) is 169 cm³/mol. The van der Waals surface area contributed by atoms with Crippen LogP contribution in [-0.2, 0) is 22.6 Å². The van der Waals surface area contributed by atoms with Crippen molar-refractivity contribution in [3.8, 4) is 11.5 Å². The molecule has 0 aliphatic heterocycles. The first-order valence-corrected chi connectivity index (χ1v) is 16.2. The molecular weight excluding hydrogens is 538 g/mol. The minimum Gasteiger partial charge on any atom is -0.493 e. The molecule has 2 amide bonds. The van der Waals surface area contributed by atoms with Crippen LogP contribution in [0.4, 0.5) is 0 Å². The lowest BCUT2D eigenvalue weighted by Gasteiger charge is -2.56. The zero-order valence-electron chi connectivity index (χ0n) is 26.1. The van der Waals surface area contributed by atoms with Crippen molar-refractivity contribution in [1.82, 2.24) is 14.8 Å². The average molecular weight is 586 g/mol. The Balaban J connectivity index is 1.23. The van der Waals surface area contributed by atoms with E-state index in [2.05, 4.69) is 24.0 Å². The molecule has 2 aromatic carbocycles. The van der Waals surface area contributed by atoms with Crippen molar-refractivity contribution in [3.05, 3.63) is 59.8 Å². The number of rotatable bonds is 13. The van der Waals surface area contributed by atoms with E-state index in [-0.39, 0.29) is 23.8 Å². The molecule has 1 N–H and O–H groups in total. The smallest absolute Gasteiger partial charge is 0.242 e. The second-order valence-electron chi connectivity index (χ2n) is 13.4. The highest BCUT2D eigenvalue weighted by Gasteiger charge is 2.55. The van der Waals surface area contributed by atoms with Gasteiger partial charge >= 0.3 is 0 Å². The van der Waals surface area contributed by atoms with Gasteiger partial charge in [-0.3, -0.25) is 9.59 Å². The lowest BCUT2D eigenvalue weighted by Crippen LogP contribution is -2.56. The average Bonchev–Trinajstić information content (AvgIpc) is 3.43. The van der Waals surface area contributed by atoms with Crippen LogP contribution in [-0.4, -0.2) is 60.5 Å². The third-order valence-electron chi connectivity index (χ3n) is 10.4. The number of aromatic nitrogens is 1. The van der Waals surface area contributed by atoms with Crippen molar-refractivity contribution in [3.63, 3.8) is 0 Å². The first-order valence-electron chi connectivity index (χ1n) is 16.2. The summed E-state index contributed by atoms with van der Waals surface area (Å²) in [5.41, 5.74) is 3.01. The van der Waals surface area contributed by atoms with Crippen LogP contribution in [0.1, 0.15) is 69.4 Å². The number of aromatic amines is 1. The Hall–Kier alpha value is -3.48. The fourth-order valence-electron chi connectivity index (χ4n) is 8.66. The van der Waals surface area contributed by atoms with Crippen molar-refractivity contribution < 1.29 is 19.1 Å². The van der Waals surface area contributed by atoms with Crippen molar-refractivity contribution in [2.24, 2.45) is 23.2 Å². The van der Waals surface area contributed by atoms with Crippen molar-refractivity contribution in [1.29, 1.82) is 0 Å². The molecule has 7 heteroatoms. The van der Waals surface area contributed by atoms with Crippen LogP contribution in [0, 0.1) is 23.2 Å². The zero-order valence-corrected chi connectivity index (χ0v) is 26.1. The predicted octanol–water partition coefficient (Wildman–Crippen LogP) is 6.60. The van der Waals surface area contributed by atoms with Gasteiger partial charge in [0.1, 0.15) is 0 Å². The van der Waals surface area contributed by atoms with Crippen molar-refractivity contribution in [2.75, 3.05) is 33.9 Å². The van der Waals surface area contributed by atoms with Gasteiger partial charge in [0, 0.05) is 36.7 Å². The van der Waals surface area contributed by atoms with Gasteiger partial charge < -0.3 is 24.3 Å². The van der Waals surface area contributed by atoms with Crippen LogP contribution in [0.25, 0.3) is 10.9 Å². The number of fused-ring (bicyclic) bond motifs is 1. The molecule has 0 radical (unpaired) electrons. The van der Waals surface area contributed by atoms with Crippen LogP contribution in [0.15, 0.2) is 48.7 Å². The van der Waals surface area contributed by atoms with Gasteiger partial charge in [-0.1, -0.05) is 37.6 Å². The van der Waals surface area contributed by atoms with Gasteiger partial charge in [-0.15, -0.1) is 0 Å². The summed E-state index contributed by atoms with van der Waals surface area (Å²) in [5, 5.41) is 1.18. The molecule has 4 bridgehead atoms. The van der Waals surface area contributed by atoms with E-state index in [9.17, 15) is 9.59 Å². The maximum absolute atomic E-state index is 14.4. The highest BCUT2D eigenvalue weighted by molar-refractivity contribution is 5.88. The molecule has 0 atom stereocenters. The number of unbranched alkanes of at least 4 members (excludes halogenated alkanes) is 1. The highest BCUT2D eigenvalue weighted by Crippen LogP contribution is 2.60. The summed E-state index contributed by atoms with van der Waals surface area (Å²) in [6, 6.07) is 14.1. The fraction of sp³-hybridized carbons (Fsp3) is 0.556. The molecule has 4 saturated carbocycles. The van der Waals surface area contributed by atoms with E-state index in [4.69, 9.17) is 9.47 Å². The molecule has 4 fully saturated rings. The molecule has 4 aliphatic rings. The minimum atomic E-state index is -0.249. The SMILES string of the molecule is CCCCN(CC(=O)N(CCc1c[nH]c2ccccc12)Cc1ccc(OC)c(OC)c1)C(=O)C12CC3CC(CC(C3)C1)C2. The summed E-state index contributed by atoms with van der Waals surface area (Å²) in [4.78, 5) is 35.8. The summed E-state index contributed by atoms with van der Waals surface area (Å²) in [6.07, 6.45) is 11.6. The summed E-state index contributed by atoms with van der Waals surface area (Å²) in [6.45, 7) is 3.94. The van der Waals surface area contributed by atoms with Gasteiger partial charge in [-0.2, -0.15) is 0 Å². The van der Waals surface area contributed by atoms with E-state index in [0.717, 1.165) is 49.6 Å². The van der Waals surface area contributed by atoms with E-state index in [0.29, 0.717) is 48.9 Å². The van der Waals surface area contributed by atoms with Crippen LogP contribution in [0.2, 0.25) is 0 Å². The van der Waals surface area contributed by atoms with Crippen LogP contribution in [0.5, 0.6) is 11.5 Å². The number of carbonyl (C=O) groups excluding carboxylic acids is 2. The molecule has 0 spiro atoms. The highest BCUT2D eigenvalue weighted by atomic mass is 16.5. The number of nitrogens with one attached hydrogen (secondary N) is 1. The minimum absolute atomic E-state index is 0.00353. The third kappa shape index (κ3) is 6.13. The molecule has 43 heavy (non-hydrogen) atoms. The Labute approximate surface area is 255 Å². The van der Waals surface area contributed by atoms with Crippen molar-refractivity contribution in [2.45, 2.75) is 71.3 Å². The molecular formula is C36H47N3O4. The number of methoxy groups -OCH3 is 2. The first kappa shape index (κ1) is 29.6. The molecule has 230 valence electrons. The van der Waals surface area contributed by atoms with Crippen LogP contribution in [0.3, 0.4) is 0 Å². The van der Waals surface area contributed by atoms with Gasteiger partial charge in [0.2, 0.25) is 11.8 Å². The van der Waals surface area contributed by atoms with Gasteiger partial charge in [0.15, 0.2) is 11.5 Å². The second kappa shape index (κ2) is 12.6. The fourth-order valence-corrected chi connectivity index (χ4v) is 8.66. The number of carbonyl (C=O) groups is 2. The Kier molecular flexibility index (Phi) is 8.69. The summed E-state index contributed by atoms with van der Waals surface area (Å²) in [5.74, 6) is 3.63. The normalized spacial score (nSPS) is 23.8. The second-order valence-corrected chi connectivity index (χ2v) is 13.4. The van der Waals surface area contributed by atoms with E-state index >= 15 is 0 Å². The Morgan fingerprint density at radius 2 is 1.60 bits per heavy atom. The molecule has 3 aromatic rings. The number of hydrogen-bond acceptors (Lipinski definition) is 4. The van der Waals surface area contributed by atoms with E-state index in [1.165, 1.54) is 30.2 Å². The number of H-pyrrole nitrogens is 1. The number of benzene rings is 2. The quantitative estimate of drug-likeness (QED) is 0.245. The lowest BCUT2D eigenvalue weighted by molar-refractivity contribution is -0.160. The number of ether oxygens (including phenoxy) is 2.